The molecule has 0 aliphatic carbocycles. The van der Waals surface area contributed by atoms with Crippen LogP contribution >= 0.6 is 0 Å². The second-order valence-corrected chi connectivity index (χ2v) is 4.45. The molecule has 104 valence electrons. The molecule has 0 unspecified atom stereocenters. The average molecular weight is 286 g/mol. The Labute approximate surface area is 103 Å². The summed E-state index contributed by atoms with van der Waals surface area (Å²) in [6.07, 6.45) is 6.14. The highest BCUT2D eigenvalue weighted by Crippen LogP contribution is 2.18. The van der Waals surface area contributed by atoms with Gasteiger partial charge in [0, 0.05) is 0 Å². The number of hydrogen-bond acceptors (Lipinski definition) is 3. The summed E-state index contributed by atoms with van der Waals surface area (Å²) in [6.45, 7) is 7.93. The molecule has 10 heteroatoms. The fraction of sp³-hybridized carbons (Fsp3) is 0.500. The SMILES string of the molecule is CCn1cc[n+](C)c1.NS(=O)(=O)C(F)(F)F.[C-]#N. The van der Waals surface area contributed by atoms with Crippen LogP contribution in [-0.4, -0.2) is 18.5 Å². The van der Waals surface area contributed by atoms with Gasteiger partial charge in [-0.05, 0) is 6.92 Å². The predicted molar refractivity (Wildman–Crippen MR) is 55.4 cm³/mol. The van der Waals surface area contributed by atoms with Gasteiger partial charge in [0.1, 0.15) is 12.4 Å². The minimum atomic E-state index is -5.34. The van der Waals surface area contributed by atoms with Crippen LogP contribution in [0.3, 0.4) is 0 Å². The van der Waals surface area contributed by atoms with Gasteiger partial charge in [-0.3, -0.25) is 0 Å². The number of aryl methyl sites for hydroxylation is 2. The van der Waals surface area contributed by atoms with E-state index in [4.69, 9.17) is 11.8 Å². The van der Waals surface area contributed by atoms with E-state index in [2.05, 4.69) is 29.2 Å². The van der Waals surface area contributed by atoms with E-state index in [-0.39, 0.29) is 0 Å². The third kappa shape index (κ3) is 7.64. The number of primary sulfonamides is 1. The van der Waals surface area contributed by atoms with E-state index in [0.29, 0.717) is 0 Å². The molecule has 0 saturated heterocycles. The van der Waals surface area contributed by atoms with Crippen molar-refractivity contribution in [3.8, 4) is 0 Å². The lowest BCUT2D eigenvalue weighted by Gasteiger charge is -1.98. The van der Waals surface area contributed by atoms with Crippen molar-refractivity contribution < 1.29 is 26.2 Å². The third-order valence-electron chi connectivity index (χ3n) is 1.51. The van der Waals surface area contributed by atoms with Gasteiger partial charge in [0.15, 0.2) is 0 Å². The minimum Gasteiger partial charge on any atom is -0.512 e. The van der Waals surface area contributed by atoms with Crippen LogP contribution < -0.4 is 9.71 Å². The smallest absolute Gasteiger partial charge is 0.511 e. The molecule has 18 heavy (non-hydrogen) atoms. The lowest BCUT2D eigenvalue weighted by atomic mass is 10.7. The number of sulfonamides is 1. The van der Waals surface area contributed by atoms with E-state index in [1.54, 1.807) is 0 Å². The van der Waals surface area contributed by atoms with Crippen molar-refractivity contribution in [3.05, 3.63) is 25.3 Å². The summed E-state index contributed by atoms with van der Waals surface area (Å²) in [5.41, 5.74) is -5.31. The molecule has 0 aromatic carbocycles. The first kappa shape index (κ1) is 18.8. The molecule has 0 saturated carbocycles. The van der Waals surface area contributed by atoms with Gasteiger partial charge in [-0.1, -0.05) is 0 Å². The molecule has 2 N–H and O–H groups in total. The summed E-state index contributed by atoms with van der Waals surface area (Å²) in [4.78, 5) is 0. The fourth-order valence-electron chi connectivity index (χ4n) is 0.689. The number of nitrogens with zero attached hydrogens (tertiary/aromatic N) is 3. The van der Waals surface area contributed by atoms with Crippen molar-refractivity contribution >= 4 is 10.0 Å². The second kappa shape index (κ2) is 7.67. The number of alkyl halides is 3. The van der Waals surface area contributed by atoms with Gasteiger partial charge >= 0.3 is 15.5 Å². The zero-order valence-corrected chi connectivity index (χ0v) is 10.5. The van der Waals surface area contributed by atoms with Crippen molar-refractivity contribution in [1.29, 1.82) is 5.26 Å². The van der Waals surface area contributed by atoms with Gasteiger partial charge in [-0.25, -0.2) is 22.7 Å². The van der Waals surface area contributed by atoms with Gasteiger partial charge in [0.25, 0.3) is 0 Å². The summed E-state index contributed by atoms with van der Waals surface area (Å²) in [5, 5.41) is 9.91. The molecule has 1 rings (SSSR count). The monoisotopic (exact) mass is 286 g/mol. The maximum atomic E-state index is 10.8. The Morgan fingerprint density at radius 2 is 1.83 bits per heavy atom. The van der Waals surface area contributed by atoms with Gasteiger partial charge in [0.05, 0.1) is 13.6 Å². The molecular formula is C8H13F3N4O2S. The van der Waals surface area contributed by atoms with Gasteiger partial charge in [0.2, 0.25) is 6.33 Å². The van der Waals surface area contributed by atoms with Crippen molar-refractivity contribution in [2.75, 3.05) is 0 Å². The van der Waals surface area contributed by atoms with Crippen molar-refractivity contribution in [3.63, 3.8) is 0 Å². The number of rotatable bonds is 1. The molecule has 0 radical (unpaired) electrons. The van der Waals surface area contributed by atoms with Crippen LogP contribution in [0, 0.1) is 11.8 Å². The summed E-state index contributed by atoms with van der Waals surface area (Å²) < 4.78 is 55.3. The highest BCUT2D eigenvalue weighted by Gasteiger charge is 2.42. The largest absolute Gasteiger partial charge is 0.512 e. The number of imidazole rings is 1. The zero-order valence-electron chi connectivity index (χ0n) is 9.72. The van der Waals surface area contributed by atoms with Crippen LogP contribution in [0.5, 0.6) is 0 Å². The van der Waals surface area contributed by atoms with Crippen LogP contribution in [0.4, 0.5) is 13.2 Å². The quantitative estimate of drug-likeness (QED) is 0.591. The maximum Gasteiger partial charge on any atom is 0.511 e. The molecule has 0 aliphatic rings. The third-order valence-corrected chi connectivity index (χ3v) is 2.16. The Morgan fingerprint density at radius 1 is 1.44 bits per heavy atom. The molecule has 0 amide bonds. The zero-order chi connectivity index (χ0) is 15.0. The molecule has 0 bridgehead atoms. The van der Waals surface area contributed by atoms with Crippen molar-refractivity contribution in [2.24, 2.45) is 12.2 Å². The maximum absolute atomic E-state index is 10.8. The van der Waals surface area contributed by atoms with E-state index < -0.39 is 15.5 Å². The lowest BCUT2D eigenvalue weighted by Crippen LogP contribution is -2.30. The van der Waals surface area contributed by atoms with E-state index >= 15 is 0 Å². The average Bonchev–Trinajstić information content (AvgIpc) is 2.65. The molecular weight excluding hydrogens is 273 g/mol. The topological polar surface area (TPSA) is 92.8 Å². The molecule has 1 aromatic heterocycles. The van der Waals surface area contributed by atoms with Crippen LogP contribution in [0.2, 0.25) is 0 Å². The van der Waals surface area contributed by atoms with E-state index in [0.717, 1.165) is 6.54 Å². The minimum absolute atomic E-state index is 1.06. The first-order chi connectivity index (χ1) is 8.08. The Bertz CT molecular complexity index is 464. The van der Waals surface area contributed by atoms with Gasteiger partial charge < -0.3 is 11.8 Å². The Morgan fingerprint density at radius 3 is 1.94 bits per heavy atom. The first-order valence-electron chi connectivity index (χ1n) is 4.40. The van der Waals surface area contributed by atoms with E-state index in [1.165, 1.54) is 0 Å². The van der Waals surface area contributed by atoms with Gasteiger partial charge in [-0.2, -0.15) is 13.2 Å². The van der Waals surface area contributed by atoms with E-state index in [1.807, 2.05) is 17.8 Å². The normalized spacial score (nSPS) is 10.7. The predicted octanol–water partition coefficient (Wildman–Crippen LogP) is 0.224. The standard InChI is InChI=1S/C6H11N2.CH2F3NO2S.CN/c1-3-8-5-4-7(2)6-8;2-1(3,4)8(5,6)7;1-2/h4-6H,3H2,1-2H3;(H2,5,6,7);/q+1;;-1. The molecule has 0 fully saturated rings. The van der Waals surface area contributed by atoms with Crippen LogP contribution in [0.25, 0.3) is 0 Å². The molecule has 0 atom stereocenters. The van der Waals surface area contributed by atoms with Crippen molar-refractivity contribution in [2.45, 2.75) is 19.0 Å². The highest BCUT2D eigenvalue weighted by atomic mass is 32.2. The first-order valence-corrected chi connectivity index (χ1v) is 5.95. The second-order valence-electron chi connectivity index (χ2n) is 2.90. The molecule has 1 heterocycles. The lowest BCUT2D eigenvalue weighted by molar-refractivity contribution is -0.671. The van der Waals surface area contributed by atoms with Crippen LogP contribution in [0.15, 0.2) is 18.7 Å². The summed E-state index contributed by atoms with van der Waals surface area (Å²) >= 11 is 0. The molecule has 0 spiro atoms. The highest BCUT2D eigenvalue weighted by molar-refractivity contribution is 7.90. The summed E-state index contributed by atoms with van der Waals surface area (Å²) in [6, 6.07) is 0. The van der Waals surface area contributed by atoms with Gasteiger partial charge in [-0.15, -0.1) is 0 Å². The molecule has 1 aromatic rings. The Hall–Kier alpha value is -1.60. The number of nitrogens with two attached hydrogens (primary N) is 1. The summed E-state index contributed by atoms with van der Waals surface area (Å²) in [7, 11) is -3.32. The van der Waals surface area contributed by atoms with E-state index in [9.17, 15) is 21.6 Å². The van der Waals surface area contributed by atoms with Crippen LogP contribution in [-0.2, 0) is 23.6 Å². The number of aromatic nitrogens is 2. The summed E-state index contributed by atoms with van der Waals surface area (Å²) in [5.74, 6) is 0. The van der Waals surface area contributed by atoms with Crippen LogP contribution in [0.1, 0.15) is 6.92 Å². The Balaban J connectivity index is 0. The Kier molecular flexibility index (Phi) is 8.00. The molecule has 0 aliphatic heterocycles. The number of halogens is 3. The number of hydrogen-bond donors (Lipinski definition) is 1. The van der Waals surface area contributed by atoms with Crippen molar-refractivity contribution in [1.82, 2.24) is 4.57 Å². The molecule has 6 nitrogen and oxygen atoms in total. The fourth-order valence-corrected chi connectivity index (χ4v) is 0.689.